The number of benzene rings is 1. The summed E-state index contributed by atoms with van der Waals surface area (Å²) in [7, 11) is 1.64. The number of carbonyl (C=O) groups excluding carboxylic acids is 2. The standard InChI is InChI=1S/C19H24N2O3/c1-24-17-5-3-2-4-14(17)8-9-20-18(22)12-21-19(23)16-11-13-6-7-15(16)10-13/h2-7,13,15-16H,8-12H2,1H3,(H,20,22)(H,21,23). The SMILES string of the molecule is COc1ccccc1CCNC(=O)CNC(=O)C1CC2C=CC1C2. The second kappa shape index (κ2) is 7.51. The van der Waals surface area contributed by atoms with E-state index in [1.807, 2.05) is 24.3 Å². The summed E-state index contributed by atoms with van der Waals surface area (Å²) in [5.74, 6) is 1.64. The van der Waals surface area contributed by atoms with Crippen molar-refractivity contribution in [1.29, 1.82) is 0 Å². The van der Waals surface area contributed by atoms with Crippen LogP contribution in [0.2, 0.25) is 0 Å². The average Bonchev–Trinajstić information content (AvgIpc) is 3.23. The molecule has 0 heterocycles. The second-order valence-electron chi connectivity index (χ2n) is 6.52. The molecule has 2 aliphatic rings. The van der Waals surface area contributed by atoms with Crippen molar-refractivity contribution in [2.45, 2.75) is 19.3 Å². The molecule has 5 nitrogen and oxygen atoms in total. The van der Waals surface area contributed by atoms with E-state index in [-0.39, 0.29) is 24.3 Å². The van der Waals surface area contributed by atoms with E-state index < -0.39 is 0 Å². The fraction of sp³-hybridized carbons (Fsp3) is 0.474. The third-order valence-electron chi connectivity index (χ3n) is 4.95. The van der Waals surface area contributed by atoms with Crippen molar-refractivity contribution in [3.8, 4) is 5.75 Å². The van der Waals surface area contributed by atoms with Gasteiger partial charge < -0.3 is 15.4 Å². The van der Waals surface area contributed by atoms with Crippen LogP contribution < -0.4 is 15.4 Å². The molecule has 2 aliphatic carbocycles. The van der Waals surface area contributed by atoms with E-state index in [0.29, 0.717) is 24.8 Å². The first-order chi connectivity index (χ1) is 11.7. The first-order valence-corrected chi connectivity index (χ1v) is 8.52. The molecule has 0 radical (unpaired) electrons. The van der Waals surface area contributed by atoms with Gasteiger partial charge in [0.1, 0.15) is 5.75 Å². The monoisotopic (exact) mass is 328 g/mol. The van der Waals surface area contributed by atoms with E-state index >= 15 is 0 Å². The normalized spacial score (nSPS) is 24.0. The van der Waals surface area contributed by atoms with Crippen LogP contribution in [0.4, 0.5) is 0 Å². The summed E-state index contributed by atoms with van der Waals surface area (Å²) in [4.78, 5) is 24.1. The maximum atomic E-state index is 12.2. The van der Waals surface area contributed by atoms with Crippen LogP contribution in [-0.2, 0) is 16.0 Å². The minimum absolute atomic E-state index is 0.00623. The van der Waals surface area contributed by atoms with Gasteiger partial charge in [-0.15, -0.1) is 0 Å². The highest BCUT2D eigenvalue weighted by molar-refractivity contribution is 5.86. The maximum Gasteiger partial charge on any atom is 0.239 e. The Bertz CT molecular complexity index is 641. The predicted octanol–water partition coefficient (Wildman–Crippen LogP) is 1.68. The van der Waals surface area contributed by atoms with Gasteiger partial charge in [-0.25, -0.2) is 0 Å². The summed E-state index contributed by atoms with van der Waals surface area (Å²) < 4.78 is 5.29. The quantitative estimate of drug-likeness (QED) is 0.749. The van der Waals surface area contributed by atoms with Crippen molar-refractivity contribution in [2.75, 3.05) is 20.2 Å². The number of fused-ring (bicyclic) bond motifs is 2. The lowest BCUT2D eigenvalue weighted by Crippen LogP contribution is -2.41. The van der Waals surface area contributed by atoms with Gasteiger partial charge in [0.25, 0.3) is 0 Å². The molecule has 3 unspecified atom stereocenters. The molecular formula is C19H24N2O3. The van der Waals surface area contributed by atoms with E-state index in [2.05, 4.69) is 22.8 Å². The zero-order valence-corrected chi connectivity index (χ0v) is 14.0. The minimum Gasteiger partial charge on any atom is -0.496 e. The number of rotatable bonds is 7. The molecule has 0 spiro atoms. The summed E-state index contributed by atoms with van der Waals surface area (Å²) in [5, 5.41) is 5.61. The van der Waals surface area contributed by atoms with Crippen molar-refractivity contribution in [3.63, 3.8) is 0 Å². The van der Waals surface area contributed by atoms with E-state index in [4.69, 9.17) is 4.74 Å². The highest BCUT2D eigenvalue weighted by Crippen LogP contribution is 2.43. The number of hydrogen-bond acceptors (Lipinski definition) is 3. The molecule has 1 aromatic rings. The highest BCUT2D eigenvalue weighted by Gasteiger charge is 2.39. The molecule has 1 saturated carbocycles. The van der Waals surface area contributed by atoms with Crippen LogP contribution in [0.15, 0.2) is 36.4 Å². The lowest BCUT2D eigenvalue weighted by atomic mass is 9.93. The van der Waals surface area contributed by atoms with Crippen molar-refractivity contribution in [3.05, 3.63) is 42.0 Å². The molecule has 24 heavy (non-hydrogen) atoms. The maximum absolute atomic E-state index is 12.2. The molecule has 0 aromatic heterocycles. The minimum atomic E-state index is -0.156. The van der Waals surface area contributed by atoms with Crippen molar-refractivity contribution < 1.29 is 14.3 Å². The molecule has 1 fully saturated rings. The Morgan fingerprint density at radius 3 is 2.71 bits per heavy atom. The van der Waals surface area contributed by atoms with E-state index in [1.54, 1.807) is 7.11 Å². The van der Waals surface area contributed by atoms with Gasteiger partial charge in [-0.1, -0.05) is 30.4 Å². The number of amides is 2. The van der Waals surface area contributed by atoms with Crippen LogP contribution in [-0.4, -0.2) is 32.0 Å². The lowest BCUT2D eigenvalue weighted by molar-refractivity contribution is -0.129. The van der Waals surface area contributed by atoms with Crippen LogP contribution in [0.5, 0.6) is 5.75 Å². The zero-order chi connectivity index (χ0) is 16.9. The van der Waals surface area contributed by atoms with Gasteiger partial charge in [0.05, 0.1) is 13.7 Å². The van der Waals surface area contributed by atoms with Crippen LogP contribution in [0.3, 0.4) is 0 Å². The first kappa shape index (κ1) is 16.6. The molecule has 128 valence electrons. The smallest absolute Gasteiger partial charge is 0.239 e. The Balaban J connectivity index is 1.37. The largest absolute Gasteiger partial charge is 0.496 e. The van der Waals surface area contributed by atoms with Crippen molar-refractivity contribution in [2.24, 2.45) is 17.8 Å². The average molecular weight is 328 g/mol. The zero-order valence-electron chi connectivity index (χ0n) is 14.0. The van der Waals surface area contributed by atoms with Gasteiger partial charge in [-0.3, -0.25) is 9.59 Å². The predicted molar refractivity (Wildman–Crippen MR) is 91.6 cm³/mol. The van der Waals surface area contributed by atoms with E-state index in [9.17, 15) is 9.59 Å². The topological polar surface area (TPSA) is 67.4 Å². The van der Waals surface area contributed by atoms with Gasteiger partial charge in [0.15, 0.2) is 0 Å². The third kappa shape index (κ3) is 3.78. The molecule has 2 amide bonds. The number of carbonyl (C=O) groups is 2. The van der Waals surface area contributed by atoms with Gasteiger partial charge in [-0.05, 0) is 42.7 Å². The number of ether oxygens (including phenoxy) is 1. The molecule has 5 heteroatoms. The molecule has 2 N–H and O–H groups in total. The van der Waals surface area contributed by atoms with Crippen molar-refractivity contribution >= 4 is 11.8 Å². The Labute approximate surface area is 142 Å². The number of methoxy groups -OCH3 is 1. The molecular weight excluding hydrogens is 304 g/mol. The third-order valence-corrected chi connectivity index (χ3v) is 4.95. The molecule has 2 bridgehead atoms. The highest BCUT2D eigenvalue weighted by atomic mass is 16.5. The van der Waals surface area contributed by atoms with Crippen LogP contribution >= 0.6 is 0 Å². The fourth-order valence-electron chi connectivity index (χ4n) is 3.69. The Morgan fingerprint density at radius 2 is 2.00 bits per heavy atom. The second-order valence-corrected chi connectivity index (χ2v) is 6.52. The van der Waals surface area contributed by atoms with E-state index in [0.717, 1.165) is 24.2 Å². The number of allylic oxidation sites excluding steroid dienone is 2. The Hall–Kier alpha value is -2.30. The fourth-order valence-corrected chi connectivity index (χ4v) is 3.69. The Kier molecular flexibility index (Phi) is 5.18. The molecule has 0 saturated heterocycles. The van der Waals surface area contributed by atoms with Gasteiger partial charge >= 0.3 is 0 Å². The van der Waals surface area contributed by atoms with Crippen LogP contribution in [0, 0.1) is 17.8 Å². The Morgan fingerprint density at radius 1 is 1.17 bits per heavy atom. The summed E-state index contributed by atoms with van der Waals surface area (Å²) in [6, 6.07) is 7.75. The lowest BCUT2D eigenvalue weighted by Gasteiger charge is -2.17. The van der Waals surface area contributed by atoms with Gasteiger partial charge in [0, 0.05) is 12.5 Å². The summed E-state index contributed by atoms with van der Waals surface area (Å²) in [6.07, 6.45) is 7.05. The number of hydrogen-bond donors (Lipinski definition) is 2. The number of nitrogens with one attached hydrogen (secondary N) is 2. The molecule has 3 atom stereocenters. The number of para-hydroxylation sites is 1. The molecule has 0 aliphatic heterocycles. The van der Waals surface area contributed by atoms with E-state index in [1.165, 1.54) is 0 Å². The molecule has 1 aromatic carbocycles. The molecule has 3 rings (SSSR count). The first-order valence-electron chi connectivity index (χ1n) is 8.52. The van der Waals surface area contributed by atoms with Gasteiger partial charge in [0.2, 0.25) is 11.8 Å². The summed E-state index contributed by atoms with van der Waals surface area (Å²) in [5.41, 5.74) is 1.05. The summed E-state index contributed by atoms with van der Waals surface area (Å²) >= 11 is 0. The van der Waals surface area contributed by atoms with Gasteiger partial charge in [-0.2, -0.15) is 0 Å². The summed E-state index contributed by atoms with van der Waals surface area (Å²) in [6.45, 7) is 0.564. The van der Waals surface area contributed by atoms with Crippen LogP contribution in [0.1, 0.15) is 18.4 Å². The van der Waals surface area contributed by atoms with Crippen LogP contribution in [0.25, 0.3) is 0 Å². The van der Waals surface area contributed by atoms with Crippen molar-refractivity contribution in [1.82, 2.24) is 10.6 Å².